The van der Waals surface area contributed by atoms with Crippen LogP contribution in [-0.2, 0) is 14.8 Å². The number of carbonyl (C=O) groups is 2. The van der Waals surface area contributed by atoms with E-state index in [0.29, 0.717) is 31.2 Å². The van der Waals surface area contributed by atoms with Gasteiger partial charge in [0.15, 0.2) is 0 Å². The van der Waals surface area contributed by atoms with Gasteiger partial charge < -0.3 is 10.6 Å². The number of sulfonamides is 1. The second-order valence-electron chi connectivity index (χ2n) is 8.62. The summed E-state index contributed by atoms with van der Waals surface area (Å²) >= 11 is 0. The maximum Gasteiger partial charge on any atom is 0.251 e. The molecule has 2 amide bonds. The van der Waals surface area contributed by atoms with E-state index in [4.69, 9.17) is 0 Å². The van der Waals surface area contributed by atoms with Gasteiger partial charge in [-0.2, -0.15) is 4.31 Å². The summed E-state index contributed by atoms with van der Waals surface area (Å²) in [5.41, 5.74) is 0.622. The van der Waals surface area contributed by atoms with Crippen molar-refractivity contribution >= 4 is 21.8 Å². The zero-order chi connectivity index (χ0) is 23.4. The van der Waals surface area contributed by atoms with Crippen molar-refractivity contribution in [1.82, 2.24) is 14.9 Å². The van der Waals surface area contributed by atoms with Crippen LogP contribution in [0.25, 0.3) is 0 Å². The van der Waals surface area contributed by atoms with Gasteiger partial charge in [0.25, 0.3) is 5.91 Å². The zero-order valence-corrected chi connectivity index (χ0v) is 19.1. The first-order valence-corrected chi connectivity index (χ1v) is 12.7. The standard InChI is InChI=1S/C24H28FN3O4S/c25-18-8-14-21(15-9-18)33(31,32)28-16-4-7-22(28)24(30)27-20-12-10-19(11-13-20)26-23(29)17-5-2-1-3-6-17/h1-3,5-6,8-9,14-15,19-20,22H,4,7,10-13,16H2,(H,26,29)(H,27,30)/t19?,20?,22-/m0/s1. The molecule has 1 aliphatic heterocycles. The molecule has 0 spiro atoms. The Hall–Kier alpha value is -2.78. The van der Waals surface area contributed by atoms with Crippen LogP contribution in [0.15, 0.2) is 59.5 Å². The van der Waals surface area contributed by atoms with Crippen LogP contribution < -0.4 is 10.6 Å². The van der Waals surface area contributed by atoms with Crippen molar-refractivity contribution in [1.29, 1.82) is 0 Å². The zero-order valence-electron chi connectivity index (χ0n) is 18.2. The molecule has 1 atom stereocenters. The highest BCUT2D eigenvalue weighted by atomic mass is 32.2. The minimum Gasteiger partial charge on any atom is -0.352 e. The van der Waals surface area contributed by atoms with Gasteiger partial charge in [-0.25, -0.2) is 12.8 Å². The SMILES string of the molecule is O=C(NC1CCC(NC(=O)[C@@H]2CCCN2S(=O)(=O)c2ccc(F)cc2)CC1)c1ccccc1. The van der Waals surface area contributed by atoms with E-state index in [1.807, 2.05) is 18.2 Å². The number of halogens is 1. The third-order valence-corrected chi connectivity index (χ3v) is 8.29. The van der Waals surface area contributed by atoms with Crippen LogP contribution in [-0.4, -0.2) is 49.2 Å². The summed E-state index contributed by atoms with van der Waals surface area (Å²) in [6.07, 6.45) is 3.95. The van der Waals surface area contributed by atoms with E-state index in [2.05, 4.69) is 10.6 Å². The lowest BCUT2D eigenvalue weighted by molar-refractivity contribution is -0.125. The molecule has 0 bridgehead atoms. The van der Waals surface area contributed by atoms with Gasteiger partial charge in [0, 0.05) is 24.2 Å². The molecule has 33 heavy (non-hydrogen) atoms. The maximum atomic E-state index is 13.2. The topological polar surface area (TPSA) is 95.6 Å². The van der Waals surface area contributed by atoms with Gasteiger partial charge in [-0.05, 0) is 74.9 Å². The summed E-state index contributed by atoms with van der Waals surface area (Å²) in [4.78, 5) is 25.3. The molecule has 1 heterocycles. The number of amides is 2. The van der Waals surface area contributed by atoms with E-state index in [-0.39, 0.29) is 35.3 Å². The highest BCUT2D eigenvalue weighted by molar-refractivity contribution is 7.89. The molecule has 2 N–H and O–H groups in total. The average Bonchev–Trinajstić information content (AvgIpc) is 3.32. The largest absolute Gasteiger partial charge is 0.352 e. The molecule has 1 saturated carbocycles. The lowest BCUT2D eigenvalue weighted by atomic mass is 9.90. The molecule has 9 heteroatoms. The fourth-order valence-electron chi connectivity index (χ4n) is 4.57. The molecule has 2 fully saturated rings. The van der Waals surface area contributed by atoms with Gasteiger partial charge in [0.1, 0.15) is 11.9 Å². The molecular formula is C24H28FN3O4S. The Kier molecular flexibility index (Phi) is 7.09. The smallest absolute Gasteiger partial charge is 0.251 e. The van der Waals surface area contributed by atoms with E-state index in [9.17, 15) is 22.4 Å². The quantitative estimate of drug-likeness (QED) is 0.675. The van der Waals surface area contributed by atoms with Gasteiger partial charge in [0.05, 0.1) is 4.90 Å². The predicted molar refractivity (Wildman–Crippen MR) is 121 cm³/mol. The maximum absolute atomic E-state index is 13.2. The van der Waals surface area contributed by atoms with Gasteiger partial charge >= 0.3 is 0 Å². The van der Waals surface area contributed by atoms with Crippen LogP contribution >= 0.6 is 0 Å². The van der Waals surface area contributed by atoms with Crippen LogP contribution in [0.3, 0.4) is 0 Å². The fraction of sp³-hybridized carbons (Fsp3) is 0.417. The number of nitrogens with one attached hydrogen (secondary N) is 2. The number of hydrogen-bond acceptors (Lipinski definition) is 4. The Morgan fingerprint density at radius 3 is 2.09 bits per heavy atom. The van der Waals surface area contributed by atoms with Crippen molar-refractivity contribution in [2.24, 2.45) is 0 Å². The monoisotopic (exact) mass is 473 g/mol. The third kappa shape index (κ3) is 5.42. The number of hydrogen-bond donors (Lipinski definition) is 2. The van der Waals surface area contributed by atoms with Crippen molar-refractivity contribution in [3.63, 3.8) is 0 Å². The molecule has 1 saturated heterocycles. The number of nitrogens with zero attached hydrogens (tertiary/aromatic N) is 1. The average molecular weight is 474 g/mol. The summed E-state index contributed by atoms with van der Waals surface area (Å²) in [5.74, 6) is -0.911. The Balaban J connectivity index is 1.31. The van der Waals surface area contributed by atoms with Crippen molar-refractivity contribution in [2.75, 3.05) is 6.54 Å². The highest BCUT2D eigenvalue weighted by Crippen LogP contribution is 2.27. The van der Waals surface area contributed by atoms with Crippen molar-refractivity contribution < 1.29 is 22.4 Å². The molecule has 1 aliphatic carbocycles. The highest BCUT2D eigenvalue weighted by Gasteiger charge is 2.40. The van der Waals surface area contributed by atoms with E-state index in [1.54, 1.807) is 12.1 Å². The van der Waals surface area contributed by atoms with E-state index >= 15 is 0 Å². The second-order valence-corrected chi connectivity index (χ2v) is 10.5. The van der Waals surface area contributed by atoms with Crippen LogP contribution in [0.5, 0.6) is 0 Å². The summed E-state index contributed by atoms with van der Waals surface area (Å²) < 4.78 is 40.4. The first-order valence-electron chi connectivity index (χ1n) is 11.3. The normalized spacial score (nSPS) is 23.7. The fourth-order valence-corrected chi connectivity index (χ4v) is 6.23. The van der Waals surface area contributed by atoms with Gasteiger partial charge in [-0.1, -0.05) is 18.2 Å². The molecule has 7 nitrogen and oxygen atoms in total. The molecule has 2 aliphatic rings. The Bertz CT molecular complexity index is 1080. The molecule has 4 rings (SSSR count). The van der Waals surface area contributed by atoms with Crippen molar-refractivity contribution in [2.45, 2.75) is 61.5 Å². The van der Waals surface area contributed by atoms with Crippen LogP contribution in [0.2, 0.25) is 0 Å². The summed E-state index contributed by atoms with van der Waals surface area (Å²) in [6, 6.07) is 12.9. The molecule has 0 aromatic heterocycles. The molecular weight excluding hydrogens is 445 g/mol. The summed E-state index contributed by atoms with van der Waals surface area (Å²) in [7, 11) is -3.88. The number of rotatable bonds is 6. The summed E-state index contributed by atoms with van der Waals surface area (Å²) in [5, 5.41) is 6.06. The minimum atomic E-state index is -3.88. The second kappa shape index (κ2) is 10.0. The van der Waals surface area contributed by atoms with Crippen molar-refractivity contribution in [3.8, 4) is 0 Å². The predicted octanol–water partition coefficient (Wildman–Crippen LogP) is 2.84. The van der Waals surface area contributed by atoms with Crippen LogP contribution in [0.4, 0.5) is 4.39 Å². The first-order chi connectivity index (χ1) is 15.8. The number of benzene rings is 2. The molecule has 0 radical (unpaired) electrons. The summed E-state index contributed by atoms with van der Waals surface area (Å²) in [6.45, 7) is 0.260. The third-order valence-electron chi connectivity index (χ3n) is 6.37. The van der Waals surface area contributed by atoms with Crippen LogP contribution in [0, 0.1) is 5.82 Å². The lowest BCUT2D eigenvalue weighted by Crippen LogP contribution is -2.50. The molecule has 0 unspecified atom stereocenters. The Morgan fingerprint density at radius 2 is 1.45 bits per heavy atom. The lowest BCUT2D eigenvalue weighted by Gasteiger charge is -2.31. The van der Waals surface area contributed by atoms with E-state index in [1.165, 1.54) is 16.4 Å². The Labute approximate surface area is 193 Å². The molecule has 176 valence electrons. The van der Waals surface area contributed by atoms with Gasteiger partial charge in [-0.15, -0.1) is 0 Å². The first kappa shape index (κ1) is 23.4. The minimum absolute atomic E-state index is 0.0155. The van der Waals surface area contributed by atoms with Crippen LogP contribution in [0.1, 0.15) is 48.9 Å². The van der Waals surface area contributed by atoms with E-state index in [0.717, 1.165) is 25.0 Å². The van der Waals surface area contributed by atoms with Gasteiger partial charge in [0.2, 0.25) is 15.9 Å². The Morgan fingerprint density at radius 1 is 0.848 bits per heavy atom. The molecule has 2 aromatic rings. The number of carbonyl (C=O) groups excluding carboxylic acids is 2. The van der Waals surface area contributed by atoms with Gasteiger partial charge in [-0.3, -0.25) is 9.59 Å². The molecule has 2 aromatic carbocycles. The van der Waals surface area contributed by atoms with Crippen molar-refractivity contribution in [3.05, 3.63) is 66.0 Å². The van der Waals surface area contributed by atoms with E-state index < -0.39 is 21.9 Å².